The lowest BCUT2D eigenvalue weighted by Crippen LogP contribution is -2.29. The van der Waals surface area contributed by atoms with Crippen molar-refractivity contribution in [2.75, 3.05) is 0 Å². The van der Waals surface area contributed by atoms with E-state index in [4.69, 9.17) is 9.97 Å². The van der Waals surface area contributed by atoms with Gasteiger partial charge in [-0.3, -0.25) is 0 Å². The fraction of sp³-hybridized carbons (Fsp3) is 0.0213. The summed E-state index contributed by atoms with van der Waals surface area (Å²) in [7, 11) is -3.16. The molecule has 0 fully saturated rings. The third kappa shape index (κ3) is 4.93. The van der Waals surface area contributed by atoms with Crippen molar-refractivity contribution in [1.29, 1.82) is 0 Å². The van der Waals surface area contributed by atoms with Gasteiger partial charge in [-0.25, -0.2) is 9.97 Å². The van der Waals surface area contributed by atoms with E-state index in [-0.39, 0.29) is 0 Å². The zero-order valence-corrected chi connectivity index (χ0v) is 28.7. The maximum Gasteiger partial charge on any atom is 0.171 e. The first kappa shape index (κ1) is 30.9. The summed E-state index contributed by atoms with van der Waals surface area (Å²) in [6.07, 6.45) is 0. The molecule has 1 aromatic heterocycles. The number of rotatable bonds is 7. The number of aromatic nitrogens is 2. The van der Waals surface area contributed by atoms with Gasteiger partial charge in [0.15, 0.2) is 13.0 Å². The minimum absolute atomic E-state index is 0.666. The lowest BCUT2D eigenvalue weighted by atomic mass is 9.67. The minimum Gasteiger partial charge on any atom is -0.309 e. The highest BCUT2D eigenvalue weighted by atomic mass is 31.2. The maximum atomic E-state index is 15.3. The molecule has 0 amide bonds. The summed E-state index contributed by atoms with van der Waals surface area (Å²) in [5, 5.41) is 2.39. The Balaban J connectivity index is 1.34. The van der Waals surface area contributed by atoms with Crippen molar-refractivity contribution in [3.63, 3.8) is 0 Å². The van der Waals surface area contributed by atoms with Gasteiger partial charge < -0.3 is 4.57 Å². The predicted octanol–water partition coefficient (Wildman–Crippen LogP) is 9.81. The molecule has 0 atom stereocenters. The SMILES string of the molecule is O=P(c1ccccc1)(c1ccccc1)c1ccc(-c2nc(-c3ccccc3)nc3c2C(c2ccccc2)(c2ccccc2)c2ccccc2-3)cc1. The largest absolute Gasteiger partial charge is 0.309 e. The highest BCUT2D eigenvalue weighted by molar-refractivity contribution is 7.85. The second kappa shape index (κ2) is 12.6. The molecule has 0 unspecified atom stereocenters. The van der Waals surface area contributed by atoms with Crippen LogP contribution in [0.4, 0.5) is 0 Å². The lowest BCUT2D eigenvalue weighted by Gasteiger charge is -2.34. The first-order valence-corrected chi connectivity index (χ1v) is 18.9. The van der Waals surface area contributed by atoms with E-state index in [1.807, 2.05) is 91.0 Å². The van der Waals surface area contributed by atoms with Crippen LogP contribution in [0.3, 0.4) is 0 Å². The Morgan fingerprint density at radius 2 is 0.824 bits per heavy atom. The van der Waals surface area contributed by atoms with Crippen LogP contribution in [-0.2, 0) is 9.98 Å². The summed E-state index contributed by atoms with van der Waals surface area (Å²) in [5.41, 5.74) is 8.58. The summed E-state index contributed by atoms with van der Waals surface area (Å²) in [6, 6.07) is 68.1. The summed E-state index contributed by atoms with van der Waals surface area (Å²) in [6.45, 7) is 0. The quantitative estimate of drug-likeness (QED) is 0.158. The molecule has 0 radical (unpaired) electrons. The van der Waals surface area contributed by atoms with E-state index in [1.54, 1.807) is 0 Å². The van der Waals surface area contributed by atoms with Crippen LogP contribution in [0.25, 0.3) is 33.9 Å². The Morgan fingerprint density at radius 3 is 1.37 bits per heavy atom. The van der Waals surface area contributed by atoms with Crippen LogP contribution in [0, 0.1) is 0 Å². The van der Waals surface area contributed by atoms with E-state index in [0.717, 1.165) is 60.7 Å². The van der Waals surface area contributed by atoms with E-state index >= 15 is 4.57 Å². The molecule has 0 spiro atoms. The average Bonchev–Trinajstić information content (AvgIpc) is 3.53. The van der Waals surface area contributed by atoms with Crippen molar-refractivity contribution >= 4 is 23.1 Å². The van der Waals surface area contributed by atoms with E-state index in [1.165, 1.54) is 5.56 Å². The molecule has 0 bridgehead atoms. The predicted molar refractivity (Wildman–Crippen MR) is 210 cm³/mol. The molecular weight excluding hydrogens is 640 g/mol. The van der Waals surface area contributed by atoms with Crippen LogP contribution in [0.2, 0.25) is 0 Å². The van der Waals surface area contributed by atoms with Crippen LogP contribution in [0.5, 0.6) is 0 Å². The zero-order chi connectivity index (χ0) is 34.3. The monoisotopic (exact) mass is 672 g/mol. The Kier molecular flexibility index (Phi) is 7.64. The molecule has 242 valence electrons. The highest BCUT2D eigenvalue weighted by Gasteiger charge is 2.49. The van der Waals surface area contributed by atoms with E-state index < -0.39 is 12.6 Å². The standard InChI is InChI=1S/C47H33N2OP/c50-51(38-24-12-4-13-25-38,39-26-14-5-15-27-39)40-32-30-34(31-33-40)44-43-45(49-46(48-44)35-18-6-1-7-19-35)41-28-16-17-29-42(41)47(43,36-20-8-2-9-21-36)37-22-10-3-11-23-37/h1-33H. The second-order valence-electron chi connectivity index (χ2n) is 12.8. The number of hydrogen-bond donors (Lipinski definition) is 0. The van der Waals surface area contributed by atoms with Crippen LogP contribution in [0.1, 0.15) is 22.3 Å². The van der Waals surface area contributed by atoms with Crippen molar-refractivity contribution in [2.45, 2.75) is 5.41 Å². The molecule has 0 saturated carbocycles. The molecule has 4 heteroatoms. The summed E-state index contributed by atoms with van der Waals surface area (Å²) >= 11 is 0. The first-order valence-electron chi connectivity index (χ1n) is 17.2. The third-order valence-corrected chi connectivity index (χ3v) is 13.1. The number of nitrogens with zero attached hydrogens (tertiary/aromatic N) is 2. The molecule has 51 heavy (non-hydrogen) atoms. The van der Waals surface area contributed by atoms with Crippen molar-refractivity contribution in [3.8, 4) is 33.9 Å². The molecule has 1 aliphatic carbocycles. The van der Waals surface area contributed by atoms with Gasteiger partial charge >= 0.3 is 0 Å². The second-order valence-corrected chi connectivity index (χ2v) is 15.6. The summed E-state index contributed by atoms with van der Waals surface area (Å²) in [5.74, 6) is 0.666. The number of fused-ring (bicyclic) bond motifs is 3. The van der Waals surface area contributed by atoms with E-state index in [0.29, 0.717) is 5.82 Å². The lowest BCUT2D eigenvalue weighted by molar-refractivity contribution is 0.592. The van der Waals surface area contributed by atoms with E-state index in [9.17, 15) is 0 Å². The van der Waals surface area contributed by atoms with Gasteiger partial charge in [-0.2, -0.15) is 0 Å². The van der Waals surface area contributed by atoms with Crippen molar-refractivity contribution in [2.24, 2.45) is 0 Å². The summed E-state index contributed by atoms with van der Waals surface area (Å²) in [4.78, 5) is 10.8. The van der Waals surface area contributed by atoms with Crippen LogP contribution >= 0.6 is 7.14 Å². The Labute approximate surface area is 298 Å². The van der Waals surface area contributed by atoms with Gasteiger partial charge in [0.25, 0.3) is 0 Å². The maximum absolute atomic E-state index is 15.3. The van der Waals surface area contributed by atoms with Gasteiger partial charge in [0, 0.05) is 38.2 Å². The zero-order valence-electron chi connectivity index (χ0n) is 27.8. The Hall–Kier alpha value is -6.15. The topological polar surface area (TPSA) is 42.9 Å². The molecule has 0 N–H and O–H groups in total. The fourth-order valence-electron chi connectivity index (χ4n) is 7.78. The van der Waals surface area contributed by atoms with Gasteiger partial charge in [-0.1, -0.05) is 200 Å². The molecule has 9 rings (SSSR count). The smallest absolute Gasteiger partial charge is 0.171 e. The molecule has 0 aliphatic heterocycles. The molecule has 0 saturated heterocycles. The van der Waals surface area contributed by atoms with Crippen molar-refractivity contribution in [1.82, 2.24) is 9.97 Å². The van der Waals surface area contributed by atoms with Gasteiger partial charge in [-0.05, 0) is 16.7 Å². The van der Waals surface area contributed by atoms with Crippen LogP contribution < -0.4 is 15.9 Å². The highest BCUT2D eigenvalue weighted by Crippen LogP contribution is 2.58. The average molecular weight is 673 g/mol. The van der Waals surface area contributed by atoms with E-state index in [2.05, 4.69) is 109 Å². The molecule has 1 aliphatic rings. The van der Waals surface area contributed by atoms with Gasteiger partial charge in [0.1, 0.15) is 0 Å². The Morgan fingerprint density at radius 1 is 0.392 bits per heavy atom. The van der Waals surface area contributed by atoms with Crippen molar-refractivity contribution < 1.29 is 4.57 Å². The van der Waals surface area contributed by atoms with Crippen LogP contribution in [0.15, 0.2) is 200 Å². The van der Waals surface area contributed by atoms with Crippen LogP contribution in [-0.4, -0.2) is 9.97 Å². The normalized spacial score (nSPS) is 12.9. The van der Waals surface area contributed by atoms with Gasteiger partial charge in [-0.15, -0.1) is 0 Å². The number of hydrogen-bond acceptors (Lipinski definition) is 3. The minimum atomic E-state index is -3.16. The first-order chi connectivity index (χ1) is 25.2. The third-order valence-electron chi connectivity index (χ3n) is 10.1. The van der Waals surface area contributed by atoms with Crippen molar-refractivity contribution in [3.05, 3.63) is 222 Å². The Bertz CT molecular complexity index is 2440. The molecule has 1 heterocycles. The molecule has 3 nitrogen and oxygen atoms in total. The summed E-state index contributed by atoms with van der Waals surface area (Å²) < 4.78 is 15.3. The molecular formula is C47H33N2OP. The van der Waals surface area contributed by atoms with Gasteiger partial charge in [0.05, 0.1) is 16.8 Å². The molecule has 8 aromatic rings. The number of benzene rings is 7. The van der Waals surface area contributed by atoms with Gasteiger partial charge in [0.2, 0.25) is 0 Å². The molecule has 7 aromatic carbocycles. The fourth-order valence-corrected chi connectivity index (χ4v) is 10.4.